The zero-order valence-electron chi connectivity index (χ0n) is 15.1. The van der Waals surface area contributed by atoms with E-state index in [1.165, 1.54) is 6.20 Å². The Bertz CT molecular complexity index is 824. The third-order valence-electron chi connectivity index (χ3n) is 4.04. The highest BCUT2D eigenvalue weighted by Crippen LogP contribution is 2.24. The van der Waals surface area contributed by atoms with Crippen molar-refractivity contribution < 1.29 is 4.79 Å². The molecule has 2 rings (SSSR count). The summed E-state index contributed by atoms with van der Waals surface area (Å²) in [6, 6.07) is 15.5. The van der Waals surface area contributed by atoms with Crippen LogP contribution < -0.4 is 10.6 Å². The summed E-state index contributed by atoms with van der Waals surface area (Å²) in [6.45, 7) is 8.09. The first kappa shape index (κ1) is 18.3. The minimum Gasteiger partial charge on any atom is -0.360 e. The molecule has 0 saturated carbocycles. The number of nitrogens with one attached hydrogen (secondary N) is 2. The molecule has 0 bridgehead atoms. The standard InChI is InChI=1S/C21H23N3O/c1-14(2)18-10-5-6-11-19(18)24-21(25)17(12-22)13-23-20-15(3)8-7-9-16(20)4/h5-11,13-14,23H,1-4H3,(H,24,25)/b17-13-. The van der Waals surface area contributed by atoms with Crippen molar-refractivity contribution in [2.24, 2.45) is 0 Å². The van der Waals surface area contributed by atoms with Crippen molar-refractivity contribution in [2.45, 2.75) is 33.6 Å². The number of rotatable bonds is 5. The van der Waals surface area contributed by atoms with Crippen molar-refractivity contribution in [1.29, 1.82) is 5.26 Å². The van der Waals surface area contributed by atoms with Crippen LogP contribution in [-0.4, -0.2) is 5.91 Å². The first-order valence-corrected chi connectivity index (χ1v) is 8.27. The van der Waals surface area contributed by atoms with Crippen LogP contribution >= 0.6 is 0 Å². The molecule has 128 valence electrons. The van der Waals surface area contributed by atoms with Crippen molar-refractivity contribution in [3.63, 3.8) is 0 Å². The highest BCUT2D eigenvalue weighted by molar-refractivity contribution is 6.07. The van der Waals surface area contributed by atoms with Crippen molar-refractivity contribution >= 4 is 17.3 Å². The Balaban J connectivity index is 2.21. The van der Waals surface area contributed by atoms with Gasteiger partial charge in [-0.3, -0.25) is 4.79 Å². The molecule has 0 unspecified atom stereocenters. The van der Waals surface area contributed by atoms with Gasteiger partial charge in [-0.1, -0.05) is 50.2 Å². The Labute approximate surface area is 149 Å². The number of amides is 1. The second-order valence-electron chi connectivity index (χ2n) is 6.28. The fourth-order valence-electron chi connectivity index (χ4n) is 2.64. The average Bonchev–Trinajstić information content (AvgIpc) is 2.58. The first-order valence-electron chi connectivity index (χ1n) is 8.27. The number of benzene rings is 2. The molecule has 2 aromatic carbocycles. The highest BCUT2D eigenvalue weighted by atomic mass is 16.1. The Kier molecular flexibility index (Phi) is 5.97. The van der Waals surface area contributed by atoms with Gasteiger partial charge in [0.2, 0.25) is 0 Å². The Morgan fingerprint density at radius 1 is 1.08 bits per heavy atom. The van der Waals surface area contributed by atoms with E-state index in [0.29, 0.717) is 0 Å². The molecule has 0 fully saturated rings. The Hall–Kier alpha value is -3.06. The number of aryl methyl sites for hydroxylation is 2. The topological polar surface area (TPSA) is 64.9 Å². The van der Waals surface area contributed by atoms with Gasteiger partial charge in [-0.15, -0.1) is 0 Å². The monoisotopic (exact) mass is 333 g/mol. The molecule has 0 radical (unpaired) electrons. The van der Waals surface area contributed by atoms with Crippen LogP contribution in [-0.2, 0) is 4.79 Å². The Morgan fingerprint density at radius 2 is 1.72 bits per heavy atom. The van der Waals surface area contributed by atoms with E-state index in [1.807, 2.05) is 62.4 Å². The first-order chi connectivity index (χ1) is 11.9. The molecule has 0 aliphatic carbocycles. The number of para-hydroxylation sites is 2. The van der Waals surface area contributed by atoms with Gasteiger partial charge in [-0.2, -0.15) is 5.26 Å². The van der Waals surface area contributed by atoms with Gasteiger partial charge in [0.1, 0.15) is 11.6 Å². The third kappa shape index (κ3) is 4.48. The number of nitrogens with zero attached hydrogens (tertiary/aromatic N) is 1. The number of carbonyl (C=O) groups is 1. The number of nitriles is 1. The summed E-state index contributed by atoms with van der Waals surface area (Å²) in [5.74, 6) is -0.145. The van der Waals surface area contributed by atoms with Crippen LogP contribution in [0.3, 0.4) is 0 Å². The number of anilines is 2. The maximum atomic E-state index is 12.5. The van der Waals surface area contributed by atoms with E-state index in [1.54, 1.807) is 0 Å². The Morgan fingerprint density at radius 3 is 2.32 bits per heavy atom. The molecule has 2 aromatic rings. The summed E-state index contributed by atoms with van der Waals surface area (Å²) < 4.78 is 0. The van der Waals surface area contributed by atoms with Gasteiger partial charge in [0.05, 0.1) is 0 Å². The zero-order valence-corrected chi connectivity index (χ0v) is 15.1. The maximum Gasteiger partial charge on any atom is 0.267 e. The van der Waals surface area contributed by atoms with Crippen LogP contribution in [0.25, 0.3) is 0 Å². The second kappa shape index (κ2) is 8.16. The predicted molar refractivity (Wildman–Crippen MR) is 102 cm³/mol. The second-order valence-corrected chi connectivity index (χ2v) is 6.28. The van der Waals surface area contributed by atoms with Crippen LogP contribution in [0.15, 0.2) is 54.2 Å². The van der Waals surface area contributed by atoms with Crippen LogP contribution in [0, 0.1) is 25.2 Å². The number of hydrogen-bond acceptors (Lipinski definition) is 3. The van der Waals surface area contributed by atoms with Gasteiger partial charge < -0.3 is 10.6 Å². The molecule has 0 heterocycles. The van der Waals surface area contributed by atoms with Gasteiger partial charge in [-0.05, 0) is 42.5 Å². The minimum absolute atomic E-state index is 0.0289. The van der Waals surface area contributed by atoms with E-state index in [9.17, 15) is 10.1 Å². The summed E-state index contributed by atoms with van der Waals surface area (Å²) >= 11 is 0. The fourth-order valence-corrected chi connectivity index (χ4v) is 2.64. The van der Waals surface area contributed by atoms with Gasteiger partial charge in [-0.25, -0.2) is 0 Å². The molecule has 0 aliphatic rings. The lowest BCUT2D eigenvalue weighted by molar-refractivity contribution is -0.112. The molecule has 4 heteroatoms. The molecule has 0 aromatic heterocycles. The van der Waals surface area contributed by atoms with Crippen LogP contribution in [0.5, 0.6) is 0 Å². The van der Waals surface area contributed by atoms with E-state index in [0.717, 1.165) is 28.1 Å². The number of carbonyl (C=O) groups excluding carboxylic acids is 1. The third-order valence-corrected chi connectivity index (χ3v) is 4.04. The molecular formula is C21H23N3O. The van der Waals surface area contributed by atoms with E-state index < -0.39 is 5.91 Å². The highest BCUT2D eigenvalue weighted by Gasteiger charge is 2.13. The van der Waals surface area contributed by atoms with Crippen molar-refractivity contribution in [2.75, 3.05) is 10.6 Å². The SMILES string of the molecule is Cc1cccc(C)c1N/C=C(/C#N)C(=O)Nc1ccccc1C(C)C. The molecule has 0 aliphatic heterocycles. The van der Waals surface area contributed by atoms with E-state index in [2.05, 4.69) is 24.5 Å². The summed E-state index contributed by atoms with van der Waals surface area (Å²) in [5.41, 5.74) is 4.82. The van der Waals surface area contributed by atoms with E-state index >= 15 is 0 Å². The lowest BCUT2D eigenvalue weighted by atomic mass is 10.0. The van der Waals surface area contributed by atoms with E-state index in [-0.39, 0.29) is 11.5 Å². The molecular weight excluding hydrogens is 310 g/mol. The van der Waals surface area contributed by atoms with E-state index in [4.69, 9.17) is 0 Å². The van der Waals surface area contributed by atoms with Crippen LogP contribution in [0.4, 0.5) is 11.4 Å². The summed E-state index contributed by atoms with van der Waals surface area (Å²) in [7, 11) is 0. The predicted octanol–water partition coefficient (Wildman–Crippen LogP) is 4.88. The molecule has 2 N–H and O–H groups in total. The molecule has 25 heavy (non-hydrogen) atoms. The smallest absolute Gasteiger partial charge is 0.267 e. The van der Waals surface area contributed by atoms with Crippen LogP contribution in [0.1, 0.15) is 36.5 Å². The summed E-state index contributed by atoms with van der Waals surface area (Å²) in [6.07, 6.45) is 1.46. The molecule has 1 amide bonds. The average molecular weight is 333 g/mol. The van der Waals surface area contributed by atoms with Crippen molar-refractivity contribution in [3.8, 4) is 6.07 Å². The lowest BCUT2D eigenvalue weighted by Crippen LogP contribution is -2.16. The van der Waals surface area contributed by atoms with Crippen molar-refractivity contribution in [3.05, 3.63) is 70.9 Å². The molecule has 0 spiro atoms. The molecule has 0 atom stereocenters. The fraction of sp³-hybridized carbons (Fsp3) is 0.238. The normalized spacial score (nSPS) is 11.1. The van der Waals surface area contributed by atoms with Gasteiger partial charge in [0.15, 0.2) is 0 Å². The van der Waals surface area contributed by atoms with Crippen molar-refractivity contribution in [1.82, 2.24) is 0 Å². The molecule has 0 saturated heterocycles. The van der Waals surface area contributed by atoms with Crippen LogP contribution in [0.2, 0.25) is 0 Å². The largest absolute Gasteiger partial charge is 0.360 e. The van der Waals surface area contributed by atoms with Gasteiger partial charge in [0, 0.05) is 17.6 Å². The maximum absolute atomic E-state index is 12.5. The quantitative estimate of drug-likeness (QED) is 0.605. The number of hydrogen-bond donors (Lipinski definition) is 2. The summed E-state index contributed by atoms with van der Waals surface area (Å²) in [4.78, 5) is 12.5. The van der Waals surface area contributed by atoms with Gasteiger partial charge >= 0.3 is 0 Å². The minimum atomic E-state index is -0.422. The van der Waals surface area contributed by atoms with Gasteiger partial charge in [0.25, 0.3) is 5.91 Å². The summed E-state index contributed by atoms with van der Waals surface area (Å²) in [5, 5.41) is 15.3. The lowest BCUT2D eigenvalue weighted by Gasteiger charge is -2.13. The molecule has 4 nitrogen and oxygen atoms in total. The zero-order chi connectivity index (χ0) is 18.4.